The highest BCUT2D eigenvalue weighted by atomic mass is 32.2. The summed E-state index contributed by atoms with van der Waals surface area (Å²) in [4.78, 5) is 26.3. The molecule has 0 aliphatic carbocycles. The van der Waals surface area contributed by atoms with E-state index in [1.807, 2.05) is 0 Å². The van der Waals surface area contributed by atoms with Gasteiger partial charge in [-0.25, -0.2) is 4.39 Å². The summed E-state index contributed by atoms with van der Waals surface area (Å²) < 4.78 is 14.2. The number of halogens is 1. The predicted octanol–water partition coefficient (Wildman–Crippen LogP) is 0.341. The van der Waals surface area contributed by atoms with Crippen molar-refractivity contribution >= 4 is 17.4 Å². The Morgan fingerprint density at radius 2 is 2.17 bits per heavy atom. The van der Waals surface area contributed by atoms with Crippen LogP contribution in [0.15, 0.2) is 37.8 Å². The van der Waals surface area contributed by atoms with Crippen LogP contribution in [-0.4, -0.2) is 14.8 Å². The van der Waals surface area contributed by atoms with Crippen LogP contribution in [0.1, 0.15) is 0 Å². The number of benzene rings is 1. The van der Waals surface area contributed by atoms with Gasteiger partial charge in [0.05, 0.1) is 0 Å². The molecule has 2 aromatic rings. The highest BCUT2D eigenvalue weighted by Gasteiger charge is 2.08. The highest BCUT2D eigenvalue weighted by molar-refractivity contribution is 7.99. The SMILES string of the molecule is Cn1[nH]c(=O)c(=O)nc1Sc1ccc(F)cc1N. The lowest BCUT2D eigenvalue weighted by atomic mass is 10.3. The molecule has 0 spiro atoms. The van der Waals surface area contributed by atoms with Crippen molar-refractivity contribution in [3.8, 4) is 0 Å². The zero-order valence-corrected chi connectivity index (χ0v) is 10.1. The Balaban J connectivity index is 2.43. The summed E-state index contributed by atoms with van der Waals surface area (Å²) in [6.07, 6.45) is 0. The molecule has 0 atom stereocenters. The molecule has 0 saturated carbocycles. The Kier molecular flexibility index (Phi) is 3.19. The van der Waals surface area contributed by atoms with E-state index >= 15 is 0 Å². The number of nitrogens with zero attached hydrogens (tertiary/aromatic N) is 2. The lowest BCUT2D eigenvalue weighted by Gasteiger charge is -2.07. The van der Waals surface area contributed by atoms with E-state index in [1.54, 1.807) is 0 Å². The van der Waals surface area contributed by atoms with Crippen LogP contribution in [0, 0.1) is 5.82 Å². The van der Waals surface area contributed by atoms with Crippen molar-refractivity contribution in [2.24, 2.45) is 7.05 Å². The van der Waals surface area contributed by atoms with Crippen LogP contribution in [0.2, 0.25) is 0 Å². The van der Waals surface area contributed by atoms with Crippen molar-refractivity contribution in [3.05, 3.63) is 44.7 Å². The van der Waals surface area contributed by atoms with Crippen molar-refractivity contribution in [2.75, 3.05) is 5.73 Å². The van der Waals surface area contributed by atoms with Gasteiger partial charge in [0.1, 0.15) is 5.82 Å². The maximum absolute atomic E-state index is 12.9. The number of aromatic nitrogens is 3. The van der Waals surface area contributed by atoms with Gasteiger partial charge in [0.2, 0.25) is 0 Å². The Morgan fingerprint density at radius 1 is 1.44 bits per heavy atom. The molecule has 0 bridgehead atoms. The highest BCUT2D eigenvalue weighted by Crippen LogP contribution is 2.29. The van der Waals surface area contributed by atoms with Crippen LogP contribution in [0.4, 0.5) is 10.1 Å². The summed E-state index contributed by atoms with van der Waals surface area (Å²) in [6, 6.07) is 3.90. The molecule has 1 aromatic heterocycles. The fourth-order valence-electron chi connectivity index (χ4n) is 1.26. The molecule has 0 radical (unpaired) electrons. The summed E-state index contributed by atoms with van der Waals surface area (Å²) in [5.74, 6) is -0.444. The molecule has 1 heterocycles. The maximum atomic E-state index is 12.9. The second-order valence-electron chi connectivity index (χ2n) is 3.48. The molecule has 0 fully saturated rings. The van der Waals surface area contributed by atoms with Crippen LogP contribution in [0.5, 0.6) is 0 Å². The summed E-state index contributed by atoms with van der Waals surface area (Å²) in [5.41, 5.74) is 4.20. The first-order valence-electron chi connectivity index (χ1n) is 4.87. The molecule has 0 saturated heterocycles. The van der Waals surface area contributed by atoms with Gasteiger partial charge in [-0.05, 0) is 30.0 Å². The molecule has 0 amide bonds. The Hall–Kier alpha value is -2.09. The van der Waals surface area contributed by atoms with Gasteiger partial charge in [0.25, 0.3) is 0 Å². The first-order chi connectivity index (χ1) is 8.47. The number of aromatic amines is 1. The average Bonchev–Trinajstić information content (AvgIpc) is 2.29. The molecule has 94 valence electrons. The minimum absolute atomic E-state index is 0.237. The smallest absolute Gasteiger partial charge is 0.339 e. The van der Waals surface area contributed by atoms with E-state index < -0.39 is 16.9 Å². The summed E-state index contributed by atoms with van der Waals surface area (Å²) in [6.45, 7) is 0. The third-order valence-corrected chi connectivity index (χ3v) is 3.26. The number of aryl methyl sites for hydroxylation is 1. The van der Waals surface area contributed by atoms with Gasteiger partial charge < -0.3 is 5.73 Å². The fourth-order valence-corrected chi connectivity index (χ4v) is 2.08. The lowest BCUT2D eigenvalue weighted by Crippen LogP contribution is -2.33. The Labute approximate surface area is 105 Å². The number of nitrogen functional groups attached to an aromatic ring is 1. The number of rotatable bonds is 2. The maximum Gasteiger partial charge on any atom is 0.339 e. The van der Waals surface area contributed by atoms with Crippen LogP contribution in [0.25, 0.3) is 0 Å². The van der Waals surface area contributed by atoms with E-state index in [9.17, 15) is 14.0 Å². The quantitative estimate of drug-likeness (QED) is 0.605. The van der Waals surface area contributed by atoms with Crippen LogP contribution >= 0.6 is 11.8 Å². The fraction of sp³-hybridized carbons (Fsp3) is 0.100. The first kappa shape index (κ1) is 12.4. The zero-order chi connectivity index (χ0) is 13.3. The van der Waals surface area contributed by atoms with Crippen LogP contribution in [-0.2, 0) is 7.05 Å². The largest absolute Gasteiger partial charge is 0.398 e. The second-order valence-corrected chi connectivity index (χ2v) is 4.49. The van der Waals surface area contributed by atoms with Gasteiger partial charge in [-0.3, -0.25) is 19.4 Å². The average molecular weight is 268 g/mol. The summed E-state index contributed by atoms with van der Waals surface area (Å²) in [7, 11) is 1.54. The molecule has 0 unspecified atom stereocenters. The molecule has 18 heavy (non-hydrogen) atoms. The van der Waals surface area contributed by atoms with E-state index in [-0.39, 0.29) is 10.8 Å². The van der Waals surface area contributed by atoms with Crippen molar-refractivity contribution in [2.45, 2.75) is 10.1 Å². The Bertz CT molecular complexity index is 710. The number of anilines is 1. The second kappa shape index (κ2) is 4.65. The third kappa shape index (κ3) is 2.43. The molecule has 3 N–H and O–H groups in total. The van der Waals surface area contributed by atoms with Crippen molar-refractivity contribution in [3.63, 3.8) is 0 Å². The van der Waals surface area contributed by atoms with Gasteiger partial charge in [-0.1, -0.05) is 0 Å². The molecular weight excluding hydrogens is 259 g/mol. The first-order valence-corrected chi connectivity index (χ1v) is 5.69. The van der Waals surface area contributed by atoms with Crippen molar-refractivity contribution in [1.82, 2.24) is 14.8 Å². The van der Waals surface area contributed by atoms with Crippen LogP contribution < -0.4 is 16.9 Å². The van der Waals surface area contributed by atoms with E-state index in [2.05, 4.69) is 10.1 Å². The van der Waals surface area contributed by atoms with Gasteiger partial charge in [0, 0.05) is 17.6 Å². The van der Waals surface area contributed by atoms with Crippen molar-refractivity contribution < 1.29 is 4.39 Å². The van der Waals surface area contributed by atoms with E-state index in [1.165, 1.54) is 29.9 Å². The van der Waals surface area contributed by atoms with Gasteiger partial charge >= 0.3 is 11.1 Å². The molecule has 0 aliphatic rings. The van der Waals surface area contributed by atoms with Gasteiger partial charge in [0.15, 0.2) is 5.16 Å². The van der Waals surface area contributed by atoms with E-state index in [0.717, 1.165) is 11.8 Å². The minimum atomic E-state index is -0.878. The van der Waals surface area contributed by atoms with Crippen molar-refractivity contribution in [1.29, 1.82) is 0 Å². The standard InChI is InChI=1S/C10H9FN4O2S/c1-15-10(13-8(16)9(17)14-15)18-7-3-2-5(11)4-6(7)12/h2-4H,12H2,1H3,(H,14,17). The molecule has 0 aliphatic heterocycles. The number of hydrogen-bond donors (Lipinski definition) is 2. The predicted molar refractivity (Wildman–Crippen MR) is 65.0 cm³/mol. The zero-order valence-electron chi connectivity index (χ0n) is 9.31. The topological polar surface area (TPSA) is 93.8 Å². The molecule has 8 heteroatoms. The molecule has 6 nitrogen and oxygen atoms in total. The number of nitrogens with two attached hydrogens (primary N) is 1. The minimum Gasteiger partial charge on any atom is -0.398 e. The Morgan fingerprint density at radius 3 is 2.83 bits per heavy atom. The monoisotopic (exact) mass is 268 g/mol. The summed E-state index contributed by atoms with van der Waals surface area (Å²) in [5, 5.41) is 2.57. The van der Waals surface area contributed by atoms with Gasteiger partial charge in [-0.2, -0.15) is 4.98 Å². The summed E-state index contributed by atoms with van der Waals surface area (Å²) >= 11 is 1.06. The molecular formula is C10H9FN4O2S. The molecule has 1 aromatic carbocycles. The van der Waals surface area contributed by atoms with Crippen LogP contribution in [0.3, 0.4) is 0 Å². The normalized spacial score (nSPS) is 10.6. The van der Waals surface area contributed by atoms with E-state index in [4.69, 9.17) is 5.73 Å². The third-order valence-electron chi connectivity index (χ3n) is 2.12. The van der Waals surface area contributed by atoms with Gasteiger partial charge in [-0.15, -0.1) is 0 Å². The lowest BCUT2D eigenvalue weighted by molar-refractivity contribution is 0.596. The van der Waals surface area contributed by atoms with E-state index in [0.29, 0.717) is 4.90 Å². The number of H-pyrrole nitrogens is 1. The molecule has 2 rings (SSSR count). The number of hydrogen-bond acceptors (Lipinski definition) is 5. The number of nitrogens with one attached hydrogen (secondary N) is 1.